The van der Waals surface area contributed by atoms with Crippen molar-refractivity contribution in [2.24, 2.45) is 0 Å². The summed E-state index contributed by atoms with van der Waals surface area (Å²) in [6.45, 7) is 1.35. The zero-order valence-corrected chi connectivity index (χ0v) is 10.6. The molecule has 1 aromatic carbocycles. The van der Waals surface area contributed by atoms with Crippen molar-refractivity contribution in [3.05, 3.63) is 24.3 Å². The van der Waals surface area contributed by atoms with Crippen molar-refractivity contribution < 1.29 is 14.6 Å². The predicted octanol–water partition coefficient (Wildman–Crippen LogP) is 1.65. The average molecular weight is 271 g/mol. The normalized spacial score (nSPS) is 16.6. The van der Waals surface area contributed by atoms with E-state index in [1.807, 2.05) is 24.3 Å². The second-order valence-corrected chi connectivity index (χ2v) is 4.31. The monoisotopic (exact) mass is 270 g/mol. The van der Waals surface area contributed by atoms with Crippen LogP contribution in [0.2, 0.25) is 0 Å². The van der Waals surface area contributed by atoms with Crippen molar-refractivity contribution in [1.82, 2.24) is 0 Å². The minimum atomic E-state index is -0.591. The standard InChI is InChI=1S/C12H15ClN2O3/c13-7-11(16)8-14-9-2-1-3-10(6-9)15-4-5-18-12(15)17/h1-3,6,11,14,16H,4-5,7-8H2. The van der Waals surface area contributed by atoms with E-state index < -0.39 is 6.10 Å². The maximum Gasteiger partial charge on any atom is 0.414 e. The van der Waals surface area contributed by atoms with E-state index >= 15 is 0 Å². The number of aliphatic hydroxyl groups excluding tert-OH is 1. The highest BCUT2D eigenvalue weighted by molar-refractivity contribution is 6.18. The number of ether oxygens (including phenoxy) is 1. The van der Waals surface area contributed by atoms with Gasteiger partial charge < -0.3 is 15.2 Å². The number of rotatable bonds is 5. The lowest BCUT2D eigenvalue weighted by Crippen LogP contribution is -2.24. The van der Waals surface area contributed by atoms with Crippen LogP contribution in [0.1, 0.15) is 0 Å². The predicted molar refractivity (Wildman–Crippen MR) is 70.4 cm³/mol. The number of halogens is 1. The molecule has 1 aromatic rings. The molecule has 2 N–H and O–H groups in total. The van der Waals surface area contributed by atoms with Crippen molar-refractivity contribution in [3.63, 3.8) is 0 Å². The molecule has 0 bridgehead atoms. The van der Waals surface area contributed by atoms with Crippen LogP contribution in [0.3, 0.4) is 0 Å². The van der Waals surface area contributed by atoms with Crippen LogP contribution in [0.15, 0.2) is 24.3 Å². The molecule has 0 spiro atoms. The van der Waals surface area contributed by atoms with Crippen LogP contribution in [0.4, 0.5) is 16.2 Å². The topological polar surface area (TPSA) is 61.8 Å². The van der Waals surface area contributed by atoms with Gasteiger partial charge in [0.15, 0.2) is 0 Å². The summed E-state index contributed by atoms with van der Waals surface area (Å²) in [4.78, 5) is 13.0. The van der Waals surface area contributed by atoms with Crippen LogP contribution in [-0.2, 0) is 4.74 Å². The van der Waals surface area contributed by atoms with Crippen LogP contribution < -0.4 is 10.2 Å². The van der Waals surface area contributed by atoms with E-state index in [9.17, 15) is 9.90 Å². The maximum atomic E-state index is 11.4. The second kappa shape index (κ2) is 5.93. The molecule has 0 aromatic heterocycles. The fraction of sp³-hybridized carbons (Fsp3) is 0.417. The molecular weight excluding hydrogens is 256 g/mol. The summed E-state index contributed by atoms with van der Waals surface area (Å²) in [5, 5.41) is 12.4. The van der Waals surface area contributed by atoms with Gasteiger partial charge in [-0.05, 0) is 18.2 Å². The molecule has 1 fully saturated rings. The van der Waals surface area contributed by atoms with Crippen molar-refractivity contribution in [2.45, 2.75) is 6.10 Å². The fourth-order valence-corrected chi connectivity index (χ4v) is 1.81. The van der Waals surface area contributed by atoms with Gasteiger partial charge in [-0.1, -0.05) is 6.07 Å². The molecule has 0 radical (unpaired) electrons. The Morgan fingerprint density at radius 3 is 3.06 bits per heavy atom. The molecule has 2 rings (SSSR count). The van der Waals surface area contributed by atoms with Gasteiger partial charge in [-0.3, -0.25) is 4.90 Å². The highest BCUT2D eigenvalue weighted by Gasteiger charge is 2.23. The number of aliphatic hydroxyl groups is 1. The Hall–Kier alpha value is -1.46. The van der Waals surface area contributed by atoms with Crippen molar-refractivity contribution in [3.8, 4) is 0 Å². The Morgan fingerprint density at radius 1 is 1.56 bits per heavy atom. The van der Waals surface area contributed by atoms with Crippen LogP contribution in [0.5, 0.6) is 0 Å². The lowest BCUT2D eigenvalue weighted by atomic mass is 10.2. The highest BCUT2D eigenvalue weighted by atomic mass is 35.5. The third kappa shape index (κ3) is 3.05. The summed E-state index contributed by atoms with van der Waals surface area (Å²) in [5.41, 5.74) is 1.61. The number of carbonyl (C=O) groups is 1. The summed E-state index contributed by atoms with van der Waals surface area (Å²) < 4.78 is 4.88. The molecule has 0 saturated carbocycles. The lowest BCUT2D eigenvalue weighted by molar-refractivity contribution is 0.181. The summed E-state index contributed by atoms with van der Waals surface area (Å²) in [5.74, 6) is 0.186. The van der Waals surface area contributed by atoms with E-state index in [0.717, 1.165) is 11.4 Å². The molecule has 1 unspecified atom stereocenters. The van der Waals surface area contributed by atoms with Gasteiger partial charge in [-0.2, -0.15) is 0 Å². The van der Waals surface area contributed by atoms with E-state index in [-0.39, 0.29) is 12.0 Å². The van der Waals surface area contributed by atoms with Gasteiger partial charge in [-0.15, -0.1) is 11.6 Å². The third-order valence-electron chi connectivity index (χ3n) is 2.64. The van der Waals surface area contributed by atoms with Crippen molar-refractivity contribution in [2.75, 3.05) is 35.8 Å². The van der Waals surface area contributed by atoms with Crippen LogP contribution in [-0.4, -0.2) is 42.9 Å². The molecule has 18 heavy (non-hydrogen) atoms. The Balaban J connectivity index is 2.03. The Labute approximate surface area is 110 Å². The van der Waals surface area contributed by atoms with Crippen LogP contribution in [0, 0.1) is 0 Å². The quantitative estimate of drug-likeness (QED) is 0.799. The number of cyclic esters (lactones) is 1. The molecule has 1 saturated heterocycles. The zero-order valence-electron chi connectivity index (χ0n) is 9.80. The third-order valence-corrected chi connectivity index (χ3v) is 2.99. The van der Waals surface area contributed by atoms with Gasteiger partial charge in [-0.25, -0.2) is 4.79 Å². The molecule has 1 amide bonds. The Kier molecular flexibility index (Phi) is 4.28. The molecule has 98 valence electrons. The number of alkyl halides is 1. The molecule has 1 aliphatic rings. The van der Waals surface area contributed by atoms with E-state index in [1.165, 1.54) is 0 Å². The van der Waals surface area contributed by atoms with Gasteiger partial charge in [0.2, 0.25) is 0 Å². The summed E-state index contributed by atoms with van der Waals surface area (Å²) in [6.07, 6.45) is -0.917. The molecule has 5 nitrogen and oxygen atoms in total. The summed E-state index contributed by atoms with van der Waals surface area (Å²) >= 11 is 5.51. The van der Waals surface area contributed by atoms with Gasteiger partial charge in [0.1, 0.15) is 6.61 Å². The Morgan fingerprint density at radius 2 is 2.39 bits per heavy atom. The lowest BCUT2D eigenvalue weighted by Gasteiger charge is -2.15. The smallest absolute Gasteiger partial charge is 0.414 e. The summed E-state index contributed by atoms with van der Waals surface area (Å²) in [7, 11) is 0. The largest absolute Gasteiger partial charge is 0.447 e. The minimum absolute atomic E-state index is 0.186. The molecule has 1 atom stereocenters. The van der Waals surface area contributed by atoms with Gasteiger partial charge >= 0.3 is 6.09 Å². The highest BCUT2D eigenvalue weighted by Crippen LogP contribution is 2.22. The number of anilines is 2. The van der Waals surface area contributed by atoms with Crippen LogP contribution >= 0.6 is 11.6 Å². The van der Waals surface area contributed by atoms with Gasteiger partial charge in [0, 0.05) is 17.9 Å². The average Bonchev–Trinajstić information content (AvgIpc) is 2.82. The van der Waals surface area contributed by atoms with Crippen molar-refractivity contribution >= 4 is 29.1 Å². The van der Waals surface area contributed by atoms with Crippen LogP contribution in [0.25, 0.3) is 0 Å². The minimum Gasteiger partial charge on any atom is -0.447 e. The Bertz CT molecular complexity index is 428. The van der Waals surface area contributed by atoms with Gasteiger partial charge in [0.05, 0.1) is 18.5 Å². The van der Waals surface area contributed by atoms with E-state index in [0.29, 0.717) is 19.7 Å². The van der Waals surface area contributed by atoms with Gasteiger partial charge in [0.25, 0.3) is 0 Å². The molecule has 6 heteroatoms. The van der Waals surface area contributed by atoms with E-state index in [2.05, 4.69) is 5.32 Å². The van der Waals surface area contributed by atoms with Crippen molar-refractivity contribution in [1.29, 1.82) is 0 Å². The number of amides is 1. The number of hydrogen-bond donors (Lipinski definition) is 2. The number of benzene rings is 1. The zero-order chi connectivity index (χ0) is 13.0. The first-order chi connectivity index (χ1) is 8.70. The maximum absolute atomic E-state index is 11.4. The van der Waals surface area contributed by atoms with E-state index in [1.54, 1.807) is 4.90 Å². The summed E-state index contributed by atoms with van der Waals surface area (Å²) in [6, 6.07) is 7.39. The molecule has 0 aliphatic carbocycles. The van der Waals surface area contributed by atoms with E-state index in [4.69, 9.17) is 16.3 Å². The molecule has 1 aliphatic heterocycles. The molecular formula is C12H15ClN2O3. The number of hydrogen-bond acceptors (Lipinski definition) is 4. The first kappa shape index (κ1) is 13.0. The first-order valence-corrected chi connectivity index (χ1v) is 6.26. The number of nitrogens with one attached hydrogen (secondary N) is 1. The molecule has 1 heterocycles. The second-order valence-electron chi connectivity index (χ2n) is 4.01. The first-order valence-electron chi connectivity index (χ1n) is 5.73. The number of carbonyl (C=O) groups excluding carboxylic acids is 1. The fourth-order valence-electron chi connectivity index (χ4n) is 1.70. The number of nitrogens with zero attached hydrogens (tertiary/aromatic N) is 1. The SMILES string of the molecule is O=C1OCCN1c1cccc(NCC(O)CCl)c1.